The van der Waals surface area contributed by atoms with E-state index >= 15 is 0 Å². The number of nitrogens with zero attached hydrogens (tertiary/aromatic N) is 2. The van der Waals surface area contributed by atoms with Crippen molar-refractivity contribution in [3.63, 3.8) is 0 Å². The van der Waals surface area contributed by atoms with E-state index in [2.05, 4.69) is 6.58 Å². The number of allylic oxidation sites excluding steroid dienone is 1. The number of hydrogen-bond donors (Lipinski definition) is 0. The molecule has 0 bridgehead atoms. The zero-order valence-electron chi connectivity index (χ0n) is 23.6. The SMILES string of the molecule is C=CCc1cc(/C=C2/SC(=NCc3ccccc3)N(Cc3ccccc3)C2=O)cc(OC)c1OCc1ccc(Cl)cc1Cl. The molecule has 1 heterocycles. The molecular weight excluding hydrogens is 599 g/mol. The summed E-state index contributed by atoms with van der Waals surface area (Å²) in [7, 11) is 1.59. The highest BCUT2D eigenvalue weighted by molar-refractivity contribution is 8.18. The molecule has 4 aromatic carbocycles. The molecule has 1 aliphatic rings. The molecule has 0 spiro atoms. The van der Waals surface area contributed by atoms with Gasteiger partial charge in [-0.05, 0) is 65.2 Å². The summed E-state index contributed by atoms with van der Waals surface area (Å²) in [6.45, 7) is 5.07. The lowest BCUT2D eigenvalue weighted by Gasteiger charge is -2.17. The first-order chi connectivity index (χ1) is 20.9. The van der Waals surface area contributed by atoms with Gasteiger partial charge in [0.25, 0.3) is 5.91 Å². The molecule has 1 amide bonds. The van der Waals surface area contributed by atoms with Crippen molar-refractivity contribution in [3.05, 3.63) is 146 Å². The molecule has 8 heteroatoms. The summed E-state index contributed by atoms with van der Waals surface area (Å²) >= 11 is 13.8. The number of ether oxygens (including phenoxy) is 2. The van der Waals surface area contributed by atoms with E-state index in [-0.39, 0.29) is 12.5 Å². The summed E-state index contributed by atoms with van der Waals surface area (Å²) in [6, 6.07) is 29.1. The summed E-state index contributed by atoms with van der Waals surface area (Å²) in [5, 5.41) is 1.76. The van der Waals surface area contributed by atoms with E-state index in [4.69, 9.17) is 37.7 Å². The van der Waals surface area contributed by atoms with Crippen LogP contribution in [-0.2, 0) is 30.9 Å². The maximum absolute atomic E-state index is 13.7. The number of carbonyl (C=O) groups excluding carboxylic acids is 1. The van der Waals surface area contributed by atoms with Crippen LogP contribution in [0.2, 0.25) is 10.0 Å². The number of halogens is 2. The van der Waals surface area contributed by atoms with E-state index in [9.17, 15) is 4.79 Å². The number of thioether (sulfide) groups is 1. The smallest absolute Gasteiger partial charge is 0.267 e. The van der Waals surface area contributed by atoms with Gasteiger partial charge in [0.05, 0.1) is 25.1 Å². The lowest BCUT2D eigenvalue weighted by Crippen LogP contribution is -2.28. The Hall–Kier alpha value is -3.97. The van der Waals surface area contributed by atoms with Gasteiger partial charge < -0.3 is 9.47 Å². The van der Waals surface area contributed by atoms with Crippen LogP contribution < -0.4 is 9.47 Å². The molecule has 0 aromatic heterocycles. The maximum atomic E-state index is 13.7. The van der Waals surface area contributed by atoms with Crippen molar-refractivity contribution in [3.8, 4) is 11.5 Å². The van der Waals surface area contributed by atoms with Crippen LogP contribution >= 0.6 is 35.0 Å². The zero-order valence-corrected chi connectivity index (χ0v) is 26.0. The molecular formula is C35H30Cl2N2O3S. The molecule has 0 radical (unpaired) electrons. The van der Waals surface area contributed by atoms with E-state index in [0.717, 1.165) is 27.8 Å². The fraction of sp³-hybridized carbons (Fsp3) is 0.143. The minimum Gasteiger partial charge on any atom is -0.493 e. The minimum atomic E-state index is -0.0948. The number of aliphatic imine (C=N–C) groups is 1. The van der Waals surface area contributed by atoms with Crippen LogP contribution in [-0.4, -0.2) is 23.1 Å². The Morgan fingerprint density at radius 2 is 1.65 bits per heavy atom. The number of amidine groups is 1. The Morgan fingerprint density at radius 1 is 0.930 bits per heavy atom. The minimum absolute atomic E-state index is 0.0948. The van der Waals surface area contributed by atoms with Crippen molar-refractivity contribution >= 4 is 52.1 Å². The summed E-state index contributed by atoms with van der Waals surface area (Å²) in [6.07, 6.45) is 4.23. The molecule has 218 valence electrons. The molecule has 1 aliphatic heterocycles. The van der Waals surface area contributed by atoms with Gasteiger partial charge in [0.1, 0.15) is 6.61 Å². The molecule has 0 unspecified atom stereocenters. The third-order valence-electron chi connectivity index (χ3n) is 6.73. The zero-order chi connectivity index (χ0) is 30.2. The molecule has 0 N–H and O–H groups in total. The number of amides is 1. The highest BCUT2D eigenvalue weighted by Crippen LogP contribution is 2.38. The number of methoxy groups -OCH3 is 1. The number of rotatable bonds is 11. The van der Waals surface area contributed by atoms with Gasteiger partial charge in [-0.3, -0.25) is 14.7 Å². The molecule has 0 atom stereocenters. The molecule has 1 saturated heterocycles. The lowest BCUT2D eigenvalue weighted by atomic mass is 10.0. The van der Waals surface area contributed by atoms with Gasteiger partial charge in [-0.1, -0.05) is 96.0 Å². The van der Waals surface area contributed by atoms with Gasteiger partial charge in [0, 0.05) is 21.2 Å². The molecule has 1 fully saturated rings. The predicted octanol–water partition coefficient (Wildman–Crippen LogP) is 8.98. The Morgan fingerprint density at radius 3 is 2.33 bits per heavy atom. The predicted molar refractivity (Wildman–Crippen MR) is 178 cm³/mol. The van der Waals surface area contributed by atoms with Gasteiger partial charge in [-0.15, -0.1) is 6.58 Å². The number of benzene rings is 4. The number of carbonyl (C=O) groups is 1. The highest BCUT2D eigenvalue weighted by atomic mass is 35.5. The van der Waals surface area contributed by atoms with Crippen molar-refractivity contribution in [2.45, 2.75) is 26.1 Å². The third kappa shape index (κ3) is 7.71. The van der Waals surface area contributed by atoms with Crippen LogP contribution in [0.25, 0.3) is 6.08 Å². The van der Waals surface area contributed by atoms with E-state index in [0.29, 0.717) is 51.1 Å². The van der Waals surface area contributed by atoms with E-state index in [1.54, 1.807) is 30.2 Å². The first-order valence-electron chi connectivity index (χ1n) is 13.7. The van der Waals surface area contributed by atoms with Crippen molar-refractivity contribution < 1.29 is 14.3 Å². The second-order valence-electron chi connectivity index (χ2n) is 9.80. The van der Waals surface area contributed by atoms with E-state index < -0.39 is 0 Å². The summed E-state index contributed by atoms with van der Waals surface area (Å²) in [5.41, 5.74) is 4.60. The first kappa shape index (κ1) is 30.5. The molecule has 43 heavy (non-hydrogen) atoms. The molecule has 5 nitrogen and oxygen atoms in total. The standard InChI is InChI=1S/C35H30Cl2N2O3S/c1-3-10-27-17-26(18-31(41-2)33(27)42-23-28-15-16-29(36)20-30(28)37)19-32-34(40)39(22-25-13-8-5-9-14-25)35(43-32)38-21-24-11-6-4-7-12-24/h3-9,11-20H,1,10,21-23H2,2H3/b32-19+,38-35?. The molecule has 4 aromatic rings. The average Bonchev–Trinajstić information content (AvgIpc) is 3.30. The Bertz CT molecular complexity index is 1670. The monoisotopic (exact) mass is 628 g/mol. The third-order valence-corrected chi connectivity index (χ3v) is 8.37. The van der Waals surface area contributed by atoms with E-state index in [1.807, 2.05) is 84.9 Å². The van der Waals surface area contributed by atoms with Crippen LogP contribution in [0.5, 0.6) is 11.5 Å². The number of hydrogen-bond acceptors (Lipinski definition) is 5. The topological polar surface area (TPSA) is 51.1 Å². The summed E-state index contributed by atoms with van der Waals surface area (Å²) in [5.74, 6) is 1.05. The largest absolute Gasteiger partial charge is 0.493 e. The second kappa shape index (κ2) is 14.5. The van der Waals surface area contributed by atoms with Gasteiger partial charge in [-0.25, -0.2) is 0 Å². The van der Waals surface area contributed by atoms with Crippen LogP contribution in [0.3, 0.4) is 0 Å². The quantitative estimate of drug-likeness (QED) is 0.123. The van der Waals surface area contributed by atoms with Gasteiger partial charge in [-0.2, -0.15) is 0 Å². The van der Waals surface area contributed by atoms with Crippen molar-refractivity contribution in [2.75, 3.05) is 7.11 Å². The Balaban J connectivity index is 1.45. The maximum Gasteiger partial charge on any atom is 0.267 e. The van der Waals surface area contributed by atoms with Crippen molar-refractivity contribution in [1.29, 1.82) is 0 Å². The summed E-state index contributed by atoms with van der Waals surface area (Å²) < 4.78 is 12.0. The van der Waals surface area contributed by atoms with Gasteiger partial charge in [0.15, 0.2) is 16.7 Å². The van der Waals surface area contributed by atoms with Crippen LogP contribution in [0.1, 0.15) is 27.8 Å². The molecule has 5 rings (SSSR count). The Kier molecular flexibility index (Phi) is 10.3. The fourth-order valence-corrected chi connectivity index (χ4v) is 6.04. The van der Waals surface area contributed by atoms with Crippen LogP contribution in [0.4, 0.5) is 0 Å². The normalized spacial score (nSPS) is 14.9. The highest BCUT2D eigenvalue weighted by Gasteiger charge is 2.33. The summed E-state index contributed by atoms with van der Waals surface area (Å²) in [4.78, 5) is 20.9. The molecule has 0 aliphatic carbocycles. The van der Waals surface area contributed by atoms with Gasteiger partial charge in [0.2, 0.25) is 0 Å². The van der Waals surface area contributed by atoms with Crippen molar-refractivity contribution in [2.24, 2.45) is 4.99 Å². The fourth-order valence-electron chi connectivity index (χ4n) is 4.60. The second-order valence-corrected chi connectivity index (χ2v) is 11.7. The van der Waals surface area contributed by atoms with Crippen LogP contribution in [0, 0.1) is 0 Å². The lowest BCUT2D eigenvalue weighted by molar-refractivity contribution is -0.122. The van der Waals surface area contributed by atoms with Crippen molar-refractivity contribution in [1.82, 2.24) is 4.90 Å². The molecule has 0 saturated carbocycles. The van der Waals surface area contributed by atoms with Crippen LogP contribution in [0.15, 0.2) is 114 Å². The average molecular weight is 630 g/mol. The first-order valence-corrected chi connectivity index (χ1v) is 15.2. The Labute approximate surface area is 266 Å². The van der Waals surface area contributed by atoms with E-state index in [1.165, 1.54) is 11.8 Å². The van der Waals surface area contributed by atoms with Gasteiger partial charge >= 0.3 is 0 Å².